The fourth-order valence-corrected chi connectivity index (χ4v) is 8.24. The molecular weight excluding hydrogens is 681 g/mol. The molecule has 1 atom stereocenters. The first-order chi connectivity index (χ1) is 27.8. The molecule has 0 rings (SSSR count). The Morgan fingerprint density at radius 1 is 0.321 bits per heavy atom. The van der Waals surface area contributed by atoms with E-state index >= 15 is 0 Å². The molecule has 0 amide bonds. The Hall–Kier alpha value is -1.05. The monoisotopic (exact) mass is 785 g/mol. The number of allylic oxidation sites excluding steroid dienone is 4. The highest BCUT2D eigenvalue weighted by molar-refractivity contribution is 5.72. The quantitative estimate of drug-likeness (QED) is 0.0349. The summed E-state index contributed by atoms with van der Waals surface area (Å²) in [7, 11) is 0. The Balaban J connectivity index is 4.13. The molecule has 0 aliphatic carbocycles. The largest absolute Gasteiger partial charge is 0.465 e. The number of carbonyl (C=O) groups excluding carboxylic acids is 1. The molecule has 56 heavy (non-hydrogen) atoms. The summed E-state index contributed by atoms with van der Waals surface area (Å²) in [6.45, 7) is 7.51. The summed E-state index contributed by atoms with van der Waals surface area (Å²) in [4.78, 5) is 13.2. The van der Waals surface area contributed by atoms with Gasteiger partial charge in [-0.25, -0.2) is 0 Å². The van der Waals surface area contributed by atoms with Crippen LogP contribution in [-0.2, 0) is 9.53 Å². The third-order valence-corrected chi connectivity index (χ3v) is 12.2. The van der Waals surface area contributed by atoms with Crippen LogP contribution in [0, 0.1) is 5.92 Å². The van der Waals surface area contributed by atoms with Gasteiger partial charge in [0.1, 0.15) is 0 Å². The van der Waals surface area contributed by atoms with Crippen molar-refractivity contribution in [3.8, 4) is 0 Å². The molecule has 0 aromatic rings. The van der Waals surface area contributed by atoms with Gasteiger partial charge in [0.2, 0.25) is 0 Å². The van der Waals surface area contributed by atoms with Gasteiger partial charge in [0, 0.05) is 0 Å². The van der Waals surface area contributed by atoms with Gasteiger partial charge in [-0.1, -0.05) is 257 Å². The molecule has 1 unspecified atom stereocenters. The Bertz CT molecular complexity index is 783. The zero-order chi connectivity index (χ0) is 40.5. The van der Waals surface area contributed by atoms with Crippen LogP contribution in [0.15, 0.2) is 24.3 Å². The topological polar surface area (TPSA) is 26.3 Å². The normalized spacial score (nSPS) is 12.4. The highest BCUT2D eigenvalue weighted by Crippen LogP contribution is 2.22. The maximum Gasteiger partial charge on any atom is 0.308 e. The minimum absolute atomic E-state index is 0.111. The van der Waals surface area contributed by atoms with Crippen LogP contribution in [0.5, 0.6) is 0 Å². The van der Waals surface area contributed by atoms with Gasteiger partial charge in [-0.2, -0.15) is 0 Å². The number of hydrogen-bond donors (Lipinski definition) is 0. The average molecular weight is 785 g/mol. The molecule has 0 saturated carbocycles. The fraction of sp³-hybridized carbons (Fsp3) is 0.907. The van der Waals surface area contributed by atoms with Crippen molar-refractivity contribution in [3.05, 3.63) is 24.3 Å². The van der Waals surface area contributed by atoms with E-state index < -0.39 is 0 Å². The maximum atomic E-state index is 13.2. The predicted molar refractivity (Wildman–Crippen MR) is 253 cm³/mol. The molecule has 2 nitrogen and oxygen atoms in total. The minimum Gasteiger partial charge on any atom is -0.465 e. The van der Waals surface area contributed by atoms with Gasteiger partial charge >= 0.3 is 5.97 Å². The molecule has 0 radical (unpaired) electrons. The van der Waals surface area contributed by atoms with Gasteiger partial charge in [-0.05, 0) is 70.6 Å². The summed E-state index contributed by atoms with van der Waals surface area (Å²) in [6, 6.07) is 0. The first-order valence-corrected chi connectivity index (χ1v) is 26.2. The molecule has 0 heterocycles. The highest BCUT2D eigenvalue weighted by Gasteiger charge is 2.19. The lowest BCUT2D eigenvalue weighted by Gasteiger charge is -2.16. The van der Waals surface area contributed by atoms with Crippen molar-refractivity contribution >= 4 is 5.97 Å². The average Bonchev–Trinajstić information content (AvgIpc) is 3.21. The van der Waals surface area contributed by atoms with Crippen molar-refractivity contribution in [2.45, 2.75) is 303 Å². The molecule has 0 aliphatic rings. The second-order valence-corrected chi connectivity index (χ2v) is 17.9. The van der Waals surface area contributed by atoms with Crippen molar-refractivity contribution < 1.29 is 9.53 Å². The minimum atomic E-state index is 0.111. The standard InChI is InChI=1S/C54H104O2/c1-4-7-10-13-16-19-22-25-28-30-33-36-39-42-45-48-51-53(50-47-44-41-38-35-32-27-24-21-18-15-12-9-6-3)54(55)56-52-49-46-43-40-37-34-31-29-26-23-20-17-14-11-8-5-2/h25-26,28-29,53H,4-24,27,30-52H2,1-3H3/b28-25-,29-26-. The second-order valence-electron chi connectivity index (χ2n) is 17.9. The molecular formula is C54H104O2. The molecule has 2 heteroatoms. The van der Waals surface area contributed by atoms with Crippen LogP contribution >= 0.6 is 0 Å². The molecule has 332 valence electrons. The molecule has 0 N–H and O–H groups in total. The predicted octanol–water partition coefficient (Wildman–Crippen LogP) is 19.5. The van der Waals surface area contributed by atoms with Gasteiger partial charge in [0.05, 0.1) is 12.5 Å². The van der Waals surface area contributed by atoms with Gasteiger partial charge in [0.25, 0.3) is 0 Å². The van der Waals surface area contributed by atoms with Crippen molar-refractivity contribution in [1.82, 2.24) is 0 Å². The number of esters is 1. The number of rotatable bonds is 48. The number of unbranched alkanes of at least 4 members (excludes halogenated alkanes) is 37. The van der Waals surface area contributed by atoms with E-state index in [2.05, 4.69) is 45.1 Å². The SMILES string of the molecule is CCCCCCCC/C=C\CCCCCCCCOC(=O)C(CCCCCCCC/C=C\CCCCCCCC)CCCCCCCCCCCCCCCC. The third kappa shape index (κ3) is 45.6. The molecule has 0 saturated heterocycles. The molecule has 0 aromatic heterocycles. The summed E-state index contributed by atoms with van der Waals surface area (Å²) in [5, 5.41) is 0. The molecule has 0 aromatic carbocycles. The summed E-state index contributed by atoms with van der Waals surface area (Å²) in [5.74, 6) is 0.235. The van der Waals surface area contributed by atoms with E-state index in [9.17, 15) is 4.79 Å². The first-order valence-electron chi connectivity index (χ1n) is 26.2. The van der Waals surface area contributed by atoms with Crippen molar-refractivity contribution in [3.63, 3.8) is 0 Å². The first kappa shape index (κ1) is 55.0. The van der Waals surface area contributed by atoms with E-state index in [1.54, 1.807) is 0 Å². The lowest BCUT2D eigenvalue weighted by Crippen LogP contribution is -2.18. The van der Waals surface area contributed by atoms with Crippen LogP contribution < -0.4 is 0 Å². The van der Waals surface area contributed by atoms with E-state index in [-0.39, 0.29) is 11.9 Å². The van der Waals surface area contributed by atoms with Crippen molar-refractivity contribution in [2.24, 2.45) is 5.92 Å². The van der Waals surface area contributed by atoms with Crippen LogP contribution in [0.4, 0.5) is 0 Å². The number of hydrogen-bond acceptors (Lipinski definition) is 2. The number of ether oxygens (including phenoxy) is 1. The van der Waals surface area contributed by atoms with Crippen LogP contribution in [0.2, 0.25) is 0 Å². The summed E-state index contributed by atoms with van der Waals surface area (Å²) >= 11 is 0. The zero-order valence-electron chi connectivity index (χ0n) is 39.0. The second kappa shape index (κ2) is 50.1. The van der Waals surface area contributed by atoms with Crippen LogP contribution in [0.25, 0.3) is 0 Å². The van der Waals surface area contributed by atoms with E-state index in [1.807, 2.05) is 0 Å². The summed E-state index contributed by atoms with van der Waals surface area (Å²) in [6.07, 6.45) is 68.1. The summed E-state index contributed by atoms with van der Waals surface area (Å²) < 4.78 is 5.92. The van der Waals surface area contributed by atoms with E-state index in [4.69, 9.17) is 4.74 Å². The lowest BCUT2D eigenvalue weighted by molar-refractivity contribution is -0.149. The van der Waals surface area contributed by atoms with Gasteiger partial charge in [0.15, 0.2) is 0 Å². The van der Waals surface area contributed by atoms with E-state index in [0.29, 0.717) is 6.61 Å². The van der Waals surface area contributed by atoms with Gasteiger partial charge in [-0.3, -0.25) is 4.79 Å². The van der Waals surface area contributed by atoms with Crippen LogP contribution in [0.3, 0.4) is 0 Å². The summed E-state index contributed by atoms with van der Waals surface area (Å²) in [5.41, 5.74) is 0. The molecule has 0 fully saturated rings. The van der Waals surface area contributed by atoms with Crippen molar-refractivity contribution in [2.75, 3.05) is 6.61 Å². The fourth-order valence-electron chi connectivity index (χ4n) is 8.24. The molecule has 0 aliphatic heterocycles. The van der Waals surface area contributed by atoms with Crippen LogP contribution in [0.1, 0.15) is 303 Å². The van der Waals surface area contributed by atoms with E-state index in [0.717, 1.165) is 19.3 Å². The Morgan fingerprint density at radius 3 is 0.839 bits per heavy atom. The molecule has 0 bridgehead atoms. The smallest absolute Gasteiger partial charge is 0.308 e. The molecule has 0 spiro atoms. The number of carbonyl (C=O) groups is 1. The van der Waals surface area contributed by atoms with Crippen molar-refractivity contribution in [1.29, 1.82) is 0 Å². The maximum absolute atomic E-state index is 13.2. The Labute approximate surface area is 354 Å². The Kier molecular flexibility index (Phi) is 49.2. The van der Waals surface area contributed by atoms with Crippen LogP contribution in [-0.4, -0.2) is 12.6 Å². The zero-order valence-corrected chi connectivity index (χ0v) is 39.0. The third-order valence-electron chi connectivity index (χ3n) is 12.2. The highest BCUT2D eigenvalue weighted by atomic mass is 16.5. The Morgan fingerprint density at radius 2 is 0.554 bits per heavy atom. The van der Waals surface area contributed by atoms with Gasteiger partial charge in [-0.15, -0.1) is 0 Å². The van der Waals surface area contributed by atoms with Gasteiger partial charge < -0.3 is 4.74 Å². The van der Waals surface area contributed by atoms with E-state index in [1.165, 1.54) is 263 Å². The lowest BCUT2D eigenvalue weighted by atomic mass is 9.94.